The average molecular weight is 307 g/mol. The number of nitrogens with zero attached hydrogens (tertiary/aromatic N) is 2. The standard InChI is InChI=1S/C15H21N3S2/c16-5-3-12-2-1-6-18(8-12)9-14-11-20-15(17-14)13-4-7-19-10-13/h4,7,10-12H,1-3,5-6,8-9,16H2. The molecule has 2 N–H and O–H groups in total. The largest absolute Gasteiger partial charge is 0.330 e. The zero-order chi connectivity index (χ0) is 13.8. The molecule has 1 fully saturated rings. The predicted octanol–water partition coefficient (Wildman–Crippen LogP) is 3.43. The van der Waals surface area contributed by atoms with Gasteiger partial charge in [0.2, 0.25) is 0 Å². The maximum absolute atomic E-state index is 5.69. The summed E-state index contributed by atoms with van der Waals surface area (Å²) in [7, 11) is 0. The van der Waals surface area contributed by atoms with E-state index in [1.54, 1.807) is 22.7 Å². The monoisotopic (exact) mass is 307 g/mol. The molecule has 3 rings (SSSR count). The molecule has 1 atom stereocenters. The lowest BCUT2D eigenvalue weighted by atomic mass is 9.95. The molecular formula is C15H21N3S2. The van der Waals surface area contributed by atoms with Gasteiger partial charge in [0.15, 0.2) is 0 Å². The zero-order valence-corrected chi connectivity index (χ0v) is 13.3. The van der Waals surface area contributed by atoms with Gasteiger partial charge in [-0.15, -0.1) is 11.3 Å². The summed E-state index contributed by atoms with van der Waals surface area (Å²) < 4.78 is 0. The van der Waals surface area contributed by atoms with E-state index >= 15 is 0 Å². The second kappa shape index (κ2) is 6.80. The van der Waals surface area contributed by atoms with Gasteiger partial charge in [0.25, 0.3) is 0 Å². The minimum Gasteiger partial charge on any atom is -0.330 e. The molecule has 3 nitrogen and oxygen atoms in total. The Hall–Kier alpha value is -0.750. The van der Waals surface area contributed by atoms with E-state index in [2.05, 4.69) is 27.1 Å². The highest BCUT2D eigenvalue weighted by Gasteiger charge is 2.20. The van der Waals surface area contributed by atoms with Crippen LogP contribution in [-0.4, -0.2) is 29.5 Å². The minimum atomic E-state index is 0.781. The van der Waals surface area contributed by atoms with Crippen molar-refractivity contribution in [2.24, 2.45) is 11.7 Å². The van der Waals surface area contributed by atoms with Crippen molar-refractivity contribution in [3.8, 4) is 10.6 Å². The average Bonchev–Trinajstić information content (AvgIpc) is 3.10. The highest BCUT2D eigenvalue weighted by molar-refractivity contribution is 7.14. The number of thiazole rings is 1. The molecule has 0 aromatic carbocycles. The smallest absolute Gasteiger partial charge is 0.124 e. The second-order valence-corrected chi connectivity index (χ2v) is 7.11. The number of rotatable bonds is 5. The molecule has 1 unspecified atom stereocenters. The number of hydrogen-bond acceptors (Lipinski definition) is 5. The summed E-state index contributed by atoms with van der Waals surface area (Å²) in [6.45, 7) is 4.19. The van der Waals surface area contributed by atoms with Crippen LogP contribution in [0.3, 0.4) is 0 Å². The summed E-state index contributed by atoms with van der Waals surface area (Å²) in [5, 5.41) is 7.63. The van der Waals surface area contributed by atoms with Crippen molar-refractivity contribution in [2.75, 3.05) is 19.6 Å². The van der Waals surface area contributed by atoms with Crippen LogP contribution in [-0.2, 0) is 6.54 Å². The van der Waals surface area contributed by atoms with Crippen LogP contribution in [0.5, 0.6) is 0 Å². The van der Waals surface area contributed by atoms with Crippen LogP contribution in [0.2, 0.25) is 0 Å². The predicted molar refractivity (Wildman–Crippen MR) is 87.1 cm³/mol. The molecule has 108 valence electrons. The second-order valence-electron chi connectivity index (χ2n) is 5.48. The summed E-state index contributed by atoms with van der Waals surface area (Å²) in [6, 6.07) is 2.14. The van der Waals surface area contributed by atoms with E-state index in [0.717, 1.165) is 30.4 Å². The number of thiophene rings is 1. The highest BCUT2D eigenvalue weighted by Crippen LogP contribution is 2.27. The molecule has 1 aliphatic heterocycles. The van der Waals surface area contributed by atoms with Crippen molar-refractivity contribution in [2.45, 2.75) is 25.8 Å². The Morgan fingerprint density at radius 3 is 3.15 bits per heavy atom. The van der Waals surface area contributed by atoms with Crippen LogP contribution in [0.15, 0.2) is 22.2 Å². The molecule has 0 saturated carbocycles. The summed E-state index contributed by atoms with van der Waals surface area (Å²) in [4.78, 5) is 7.31. The van der Waals surface area contributed by atoms with Crippen LogP contribution in [0.4, 0.5) is 0 Å². The Morgan fingerprint density at radius 2 is 2.35 bits per heavy atom. The number of likely N-dealkylation sites (tertiary alicyclic amines) is 1. The lowest BCUT2D eigenvalue weighted by Crippen LogP contribution is -2.35. The summed E-state index contributed by atoms with van der Waals surface area (Å²) in [5.74, 6) is 0.781. The third kappa shape index (κ3) is 3.47. The first-order valence-corrected chi connectivity index (χ1v) is 9.07. The fraction of sp³-hybridized carbons (Fsp3) is 0.533. The van der Waals surface area contributed by atoms with E-state index in [-0.39, 0.29) is 0 Å². The lowest BCUT2D eigenvalue weighted by molar-refractivity contribution is 0.162. The van der Waals surface area contributed by atoms with Crippen molar-refractivity contribution in [3.63, 3.8) is 0 Å². The van der Waals surface area contributed by atoms with E-state index in [1.165, 1.54) is 37.2 Å². The van der Waals surface area contributed by atoms with Crippen molar-refractivity contribution < 1.29 is 0 Å². The molecular weight excluding hydrogens is 286 g/mol. The van der Waals surface area contributed by atoms with Crippen LogP contribution >= 0.6 is 22.7 Å². The van der Waals surface area contributed by atoms with E-state index in [9.17, 15) is 0 Å². The van der Waals surface area contributed by atoms with Gasteiger partial charge < -0.3 is 5.73 Å². The van der Waals surface area contributed by atoms with Crippen molar-refractivity contribution in [1.29, 1.82) is 0 Å². The quantitative estimate of drug-likeness (QED) is 0.920. The van der Waals surface area contributed by atoms with Crippen molar-refractivity contribution >= 4 is 22.7 Å². The first kappa shape index (κ1) is 14.2. The highest BCUT2D eigenvalue weighted by atomic mass is 32.1. The molecule has 0 radical (unpaired) electrons. The number of nitrogens with two attached hydrogens (primary N) is 1. The normalized spacial score (nSPS) is 20.4. The molecule has 2 aromatic heterocycles. The molecule has 0 amide bonds. The number of piperidine rings is 1. The first-order valence-electron chi connectivity index (χ1n) is 7.24. The Kier molecular flexibility index (Phi) is 4.83. The lowest BCUT2D eigenvalue weighted by Gasteiger charge is -2.32. The van der Waals surface area contributed by atoms with Gasteiger partial charge in [-0.2, -0.15) is 11.3 Å². The van der Waals surface area contributed by atoms with E-state index < -0.39 is 0 Å². The van der Waals surface area contributed by atoms with E-state index in [0.29, 0.717) is 0 Å². The summed E-state index contributed by atoms with van der Waals surface area (Å²) in [5.41, 5.74) is 8.15. The molecule has 20 heavy (non-hydrogen) atoms. The first-order chi connectivity index (χ1) is 9.85. The molecule has 2 aromatic rings. The van der Waals surface area contributed by atoms with Gasteiger partial charge >= 0.3 is 0 Å². The van der Waals surface area contributed by atoms with Gasteiger partial charge in [-0.25, -0.2) is 4.98 Å². The van der Waals surface area contributed by atoms with Gasteiger partial charge in [-0.3, -0.25) is 4.90 Å². The SMILES string of the molecule is NCCC1CCCN(Cc2csc(-c3ccsc3)n2)C1. The van der Waals surface area contributed by atoms with Crippen LogP contribution in [0.1, 0.15) is 25.0 Å². The Morgan fingerprint density at radius 1 is 1.40 bits per heavy atom. The third-order valence-electron chi connectivity index (χ3n) is 3.88. The van der Waals surface area contributed by atoms with Gasteiger partial charge in [-0.1, -0.05) is 0 Å². The van der Waals surface area contributed by atoms with Crippen molar-refractivity contribution in [3.05, 3.63) is 27.9 Å². The molecule has 0 bridgehead atoms. The Balaban J connectivity index is 1.60. The van der Waals surface area contributed by atoms with Gasteiger partial charge in [0, 0.05) is 29.4 Å². The van der Waals surface area contributed by atoms with Crippen LogP contribution < -0.4 is 5.73 Å². The van der Waals surface area contributed by atoms with Crippen LogP contribution in [0.25, 0.3) is 10.6 Å². The maximum atomic E-state index is 5.69. The Bertz CT molecular complexity index is 519. The molecule has 1 saturated heterocycles. The summed E-state index contributed by atoms with van der Waals surface area (Å²) >= 11 is 3.49. The van der Waals surface area contributed by atoms with Crippen LogP contribution in [0, 0.1) is 5.92 Å². The fourth-order valence-electron chi connectivity index (χ4n) is 2.89. The van der Waals surface area contributed by atoms with Gasteiger partial charge in [0.1, 0.15) is 5.01 Å². The van der Waals surface area contributed by atoms with Gasteiger partial charge in [0.05, 0.1) is 5.69 Å². The number of hydrogen-bond donors (Lipinski definition) is 1. The molecule has 1 aliphatic rings. The molecule has 5 heteroatoms. The van der Waals surface area contributed by atoms with Gasteiger partial charge in [-0.05, 0) is 49.7 Å². The molecule has 0 aliphatic carbocycles. The Labute approximate surface area is 128 Å². The zero-order valence-electron chi connectivity index (χ0n) is 11.6. The summed E-state index contributed by atoms with van der Waals surface area (Å²) in [6.07, 6.45) is 3.80. The third-order valence-corrected chi connectivity index (χ3v) is 5.51. The minimum absolute atomic E-state index is 0.781. The topological polar surface area (TPSA) is 42.1 Å². The maximum Gasteiger partial charge on any atom is 0.124 e. The van der Waals surface area contributed by atoms with E-state index in [1.807, 2.05) is 0 Å². The fourth-order valence-corrected chi connectivity index (χ4v) is 4.42. The van der Waals surface area contributed by atoms with Crippen molar-refractivity contribution in [1.82, 2.24) is 9.88 Å². The molecule has 0 spiro atoms. The molecule has 3 heterocycles. The number of aromatic nitrogens is 1. The van der Waals surface area contributed by atoms with E-state index in [4.69, 9.17) is 10.7 Å².